The molecule has 1 aliphatic carbocycles. The molecule has 2 aliphatic rings. The standard InChI is InChI=1S/C22H36N3O4S/c1-3-4-5-9-15-27-21-20(23-30-24-21)18-11-10-14-25(2,16-18)17-28-22(26)29-19-12-7-6-8-13-19/h11,19H,3-10,12-17H2,1-2H3/q+1/i1D3,3D2,4D2,5D2,9D2,15D2. The molecule has 2 heterocycles. The minimum Gasteiger partial charge on any atom is -0.475 e. The molecule has 0 aromatic carbocycles. The summed E-state index contributed by atoms with van der Waals surface area (Å²) >= 11 is 0.600. The molecule has 0 saturated heterocycles. The third-order valence-electron chi connectivity index (χ3n) is 5.07. The number of likely N-dealkylation sites (N-methyl/N-ethyl adjacent to an activating group) is 1. The van der Waals surface area contributed by atoms with Gasteiger partial charge in [0.1, 0.15) is 18.3 Å². The first-order valence-electron chi connectivity index (χ1n) is 16.4. The molecule has 1 saturated carbocycles. The maximum absolute atomic E-state index is 12.3. The third-order valence-corrected chi connectivity index (χ3v) is 5.58. The van der Waals surface area contributed by atoms with E-state index in [1.807, 2.05) is 7.05 Å². The summed E-state index contributed by atoms with van der Waals surface area (Å²) in [4.78, 5) is 12.3. The van der Waals surface area contributed by atoms with Crippen molar-refractivity contribution in [3.63, 3.8) is 0 Å². The normalized spacial score (nSPS) is 31.6. The highest BCUT2D eigenvalue weighted by Gasteiger charge is 2.32. The van der Waals surface area contributed by atoms with Gasteiger partial charge in [-0.2, -0.15) is 4.37 Å². The first-order valence-corrected chi connectivity index (χ1v) is 10.6. The summed E-state index contributed by atoms with van der Waals surface area (Å²) in [6.45, 7) is -6.64. The van der Waals surface area contributed by atoms with Crippen molar-refractivity contribution in [1.29, 1.82) is 0 Å². The summed E-state index contributed by atoms with van der Waals surface area (Å²) in [5.74, 6) is -0.522. The molecular formula is C22H36N3O4S+. The van der Waals surface area contributed by atoms with Gasteiger partial charge in [-0.1, -0.05) is 38.5 Å². The molecule has 8 heteroatoms. The van der Waals surface area contributed by atoms with Crippen molar-refractivity contribution in [2.75, 3.05) is 33.4 Å². The van der Waals surface area contributed by atoms with Crippen LogP contribution >= 0.6 is 11.7 Å². The summed E-state index contributed by atoms with van der Waals surface area (Å²) in [6.07, 6.45) is -9.97. The van der Waals surface area contributed by atoms with Crippen molar-refractivity contribution < 1.29 is 41.3 Å². The van der Waals surface area contributed by atoms with E-state index >= 15 is 0 Å². The maximum atomic E-state index is 12.3. The summed E-state index contributed by atoms with van der Waals surface area (Å²) in [5, 5.41) is 0. The van der Waals surface area contributed by atoms with Crippen LogP contribution < -0.4 is 4.74 Å². The minimum atomic E-state index is -4.06. The molecule has 168 valence electrons. The van der Waals surface area contributed by atoms with Gasteiger partial charge in [0, 0.05) is 27.1 Å². The molecule has 1 aromatic heterocycles. The van der Waals surface area contributed by atoms with E-state index in [-0.39, 0.29) is 29.6 Å². The lowest BCUT2D eigenvalue weighted by Gasteiger charge is -2.36. The predicted octanol–water partition coefficient (Wildman–Crippen LogP) is 5.17. The van der Waals surface area contributed by atoms with E-state index in [1.165, 1.54) is 0 Å². The summed E-state index contributed by atoms with van der Waals surface area (Å²) in [6, 6.07) is 0. The molecule has 0 spiro atoms. The Kier molecular flexibility index (Phi) is 4.38. The fourth-order valence-electron chi connectivity index (χ4n) is 3.55. The van der Waals surface area contributed by atoms with Gasteiger partial charge in [-0.3, -0.25) is 4.48 Å². The van der Waals surface area contributed by atoms with Crippen LogP contribution in [0.4, 0.5) is 4.79 Å². The first kappa shape index (κ1) is 11.3. The van der Waals surface area contributed by atoms with Crippen molar-refractivity contribution in [2.24, 2.45) is 0 Å². The van der Waals surface area contributed by atoms with Gasteiger partial charge >= 0.3 is 6.16 Å². The Bertz CT molecular complexity index is 1190. The molecule has 1 aliphatic heterocycles. The van der Waals surface area contributed by atoms with Crippen LogP contribution in [0.15, 0.2) is 6.08 Å². The lowest BCUT2D eigenvalue weighted by Crippen LogP contribution is -2.49. The van der Waals surface area contributed by atoms with Crippen molar-refractivity contribution in [1.82, 2.24) is 8.75 Å². The van der Waals surface area contributed by atoms with E-state index in [9.17, 15) is 4.79 Å². The number of nitrogens with zero attached hydrogens (tertiary/aromatic N) is 3. The Morgan fingerprint density at radius 1 is 1.30 bits per heavy atom. The minimum absolute atomic E-state index is 0.0138. The topological polar surface area (TPSA) is 70.5 Å². The van der Waals surface area contributed by atoms with Crippen LogP contribution in [-0.2, 0) is 9.47 Å². The van der Waals surface area contributed by atoms with Gasteiger partial charge in [0.25, 0.3) is 5.88 Å². The molecule has 1 unspecified atom stereocenters. The van der Waals surface area contributed by atoms with Crippen LogP contribution in [0.5, 0.6) is 5.88 Å². The number of carbonyl (C=O) groups excluding carboxylic acids is 1. The van der Waals surface area contributed by atoms with Gasteiger partial charge in [-0.15, -0.1) is 4.37 Å². The smallest absolute Gasteiger partial charge is 0.475 e. The van der Waals surface area contributed by atoms with E-state index in [0.29, 0.717) is 30.3 Å². The van der Waals surface area contributed by atoms with Gasteiger partial charge < -0.3 is 14.2 Å². The highest BCUT2D eigenvalue weighted by Crippen LogP contribution is 2.30. The summed E-state index contributed by atoms with van der Waals surface area (Å²) < 4.78 is 127. The fraction of sp³-hybridized carbons (Fsp3) is 0.773. The summed E-state index contributed by atoms with van der Waals surface area (Å²) in [7, 11) is 1.81. The SMILES string of the molecule is [2H]C([2H])([2H])C([2H])([2H])C([2H])([2H])C([2H])([2H])C([2H])([2H])C([2H])([2H])Oc1nsnc1C1=CCC[N+](C)(COC(=O)OC2CCCCC2)C1. The molecule has 0 N–H and O–H groups in total. The Morgan fingerprint density at radius 2 is 2.17 bits per heavy atom. The Morgan fingerprint density at radius 3 is 3.00 bits per heavy atom. The lowest BCUT2D eigenvalue weighted by molar-refractivity contribution is -0.919. The Labute approximate surface area is 202 Å². The molecule has 30 heavy (non-hydrogen) atoms. The number of hydrogen-bond donors (Lipinski definition) is 0. The van der Waals surface area contributed by atoms with Crippen LogP contribution in [-0.4, -0.2) is 58.9 Å². The van der Waals surface area contributed by atoms with Gasteiger partial charge in [0.2, 0.25) is 6.73 Å². The second-order valence-corrected chi connectivity index (χ2v) is 8.07. The van der Waals surface area contributed by atoms with E-state index in [4.69, 9.17) is 32.0 Å². The molecule has 1 aromatic rings. The lowest BCUT2D eigenvalue weighted by atomic mass is 9.98. The van der Waals surface area contributed by atoms with Crippen LogP contribution in [0, 0.1) is 0 Å². The molecule has 0 amide bonds. The zero-order valence-corrected chi connectivity index (χ0v) is 17.7. The average Bonchev–Trinajstić information content (AvgIpc) is 3.34. The van der Waals surface area contributed by atoms with E-state index in [2.05, 4.69) is 8.75 Å². The van der Waals surface area contributed by atoms with E-state index in [1.54, 1.807) is 6.08 Å². The number of ether oxygens (including phenoxy) is 3. The maximum Gasteiger partial charge on any atom is 0.512 e. The van der Waals surface area contributed by atoms with Gasteiger partial charge in [-0.25, -0.2) is 4.79 Å². The van der Waals surface area contributed by atoms with Gasteiger partial charge in [0.05, 0.1) is 34.6 Å². The van der Waals surface area contributed by atoms with Crippen LogP contribution in [0.25, 0.3) is 5.57 Å². The van der Waals surface area contributed by atoms with Crippen molar-refractivity contribution >= 4 is 23.5 Å². The molecule has 3 rings (SSSR count). The Hall–Kier alpha value is -1.67. The highest BCUT2D eigenvalue weighted by molar-refractivity contribution is 6.99. The molecular weight excluding hydrogens is 402 g/mol. The predicted molar refractivity (Wildman–Crippen MR) is 117 cm³/mol. The first-order chi connectivity index (χ1) is 19.5. The molecule has 0 bridgehead atoms. The van der Waals surface area contributed by atoms with Crippen LogP contribution in [0.3, 0.4) is 0 Å². The largest absolute Gasteiger partial charge is 0.512 e. The molecule has 0 radical (unpaired) electrons. The quantitative estimate of drug-likeness (QED) is 0.361. The number of aromatic nitrogens is 2. The van der Waals surface area contributed by atoms with Crippen molar-refractivity contribution in [3.05, 3.63) is 11.8 Å². The molecule has 1 atom stereocenters. The number of hydrogen-bond acceptors (Lipinski definition) is 7. The second kappa shape index (κ2) is 11.6. The monoisotopic (exact) mass is 451 g/mol. The van der Waals surface area contributed by atoms with Crippen molar-refractivity contribution in [3.8, 4) is 5.88 Å². The fourth-order valence-corrected chi connectivity index (χ4v) is 4.07. The molecule has 7 nitrogen and oxygen atoms in total. The zero-order chi connectivity index (χ0) is 32.7. The van der Waals surface area contributed by atoms with Crippen LogP contribution in [0.1, 0.15) is 94.4 Å². The van der Waals surface area contributed by atoms with E-state index in [0.717, 1.165) is 32.1 Å². The Balaban J connectivity index is 1.76. The second-order valence-electron chi connectivity index (χ2n) is 7.54. The molecule has 1 fully saturated rings. The number of carbonyl (C=O) groups is 1. The third kappa shape index (κ3) is 6.94. The highest BCUT2D eigenvalue weighted by atomic mass is 32.1. The van der Waals surface area contributed by atoms with Gasteiger partial charge in [0.15, 0.2) is 0 Å². The number of rotatable bonds is 10. The zero-order valence-electron chi connectivity index (χ0n) is 29.9. The van der Waals surface area contributed by atoms with Gasteiger partial charge in [-0.05, 0) is 32.1 Å². The van der Waals surface area contributed by atoms with Crippen molar-refractivity contribution in [2.45, 2.75) is 77.0 Å². The van der Waals surface area contributed by atoms with Crippen LogP contribution in [0.2, 0.25) is 0 Å². The number of quaternary nitrogens is 1. The van der Waals surface area contributed by atoms with E-state index < -0.39 is 50.9 Å². The summed E-state index contributed by atoms with van der Waals surface area (Å²) in [5.41, 5.74) is 0.509. The average molecular weight is 452 g/mol.